The fourth-order valence-corrected chi connectivity index (χ4v) is 1.91. The molecule has 0 saturated carbocycles. The van der Waals surface area contributed by atoms with E-state index in [-0.39, 0.29) is 18.3 Å². The van der Waals surface area contributed by atoms with Crippen LogP contribution in [0.2, 0.25) is 0 Å². The van der Waals surface area contributed by atoms with Crippen LogP contribution in [0.15, 0.2) is 66.3 Å². The molecule has 0 heterocycles. The smallest absolute Gasteiger partial charge is 0.277 e. The van der Waals surface area contributed by atoms with Crippen LogP contribution in [0.25, 0.3) is 0 Å². The molecule has 2 rings (SSSR count). The lowest BCUT2D eigenvalue weighted by Gasteiger charge is -2.09. The highest BCUT2D eigenvalue weighted by Crippen LogP contribution is 2.18. The molecule has 0 aliphatic carbocycles. The van der Waals surface area contributed by atoms with Gasteiger partial charge in [-0.05, 0) is 30.2 Å². The van der Waals surface area contributed by atoms with Crippen molar-refractivity contribution in [1.82, 2.24) is 5.43 Å². The average molecular weight is 310 g/mol. The van der Waals surface area contributed by atoms with Crippen molar-refractivity contribution in [1.29, 1.82) is 0 Å². The first-order valence-electron chi connectivity index (χ1n) is 7.12. The van der Waals surface area contributed by atoms with Crippen molar-refractivity contribution in [2.24, 2.45) is 5.10 Å². The molecule has 0 aromatic heterocycles. The molecule has 2 aromatic carbocycles. The number of amides is 1. The Balaban J connectivity index is 1.86. The number of carbonyl (C=O) groups excluding carboxylic acids is 1. The van der Waals surface area contributed by atoms with E-state index in [0.29, 0.717) is 17.7 Å². The van der Waals surface area contributed by atoms with E-state index in [1.54, 1.807) is 36.4 Å². The summed E-state index contributed by atoms with van der Waals surface area (Å²) in [5.74, 6) is 0.359. The fraction of sp³-hybridized carbons (Fsp3) is 0.111. The highest BCUT2D eigenvalue weighted by atomic mass is 16.5. The summed E-state index contributed by atoms with van der Waals surface area (Å²) >= 11 is 0. The number of phenolic OH excluding ortho intramolecular Hbond substituents is 1. The maximum atomic E-state index is 11.7. The standard InChI is InChI=1S/C18H18N2O3/c1-2-7-14-8-4-6-11-17(14)23-13-18(22)20-19-12-15-9-3-5-10-16(15)21/h2-6,8-12,21H,1,7,13H2,(H,20,22)/b19-12+. The van der Waals surface area contributed by atoms with Gasteiger partial charge in [0.15, 0.2) is 6.61 Å². The fourth-order valence-electron chi connectivity index (χ4n) is 1.91. The Kier molecular flexibility index (Phi) is 5.94. The maximum Gasteiger partial charge on any atom is 0.277 e. The summed E-state index contributed by atoms with van der Waals surface area (Å²) in [6.07, 6.45) is 3.82. The van der Waals surface area contributed by atoms with E-state index in [1.165, 1.54) is 6.21 Å². The van der Waals surface area contributed by atoms with Crippen LogP contribution in [0.1, 0.15) is 11.1 Å². The average Bonchev–Trinajstić information content (AvgIpc) is 2.56. The molecule has 0 aliphatic heterocycles. The lowest BCUT2D eigenvalue weighted by atomic mass is 10.1. The molecule has 5 heteroatoms. The third-order valence-electron chi connectivity index (χ3n) is 3.03. The molecule has 118 valence electrons. The van der Waals surface area contributed by atoms with Gasteiger partial charge in [-0.2, -0.15) is 5.10 Å². The number of hydrazone groups is 1. The van der Waals surface area contributed by atoms with Gasteiger partial charge in [0.25, 0.3) is 5.91 Å². The van der Waals surface area contributed by atoms with Gasteiger partial charge < -0.3 is 9.84 Å². The molecule has 0 saturated heterocycles. The number of aromatic hydroxyl groups is 1. The van der Waals surface area contributed by atoms with Gasteiger partial charge in [-0.3, -0.25) is 4.79 Å². The van der Waals surface area contributed by atoms with E-state index < -0.39 is 0 Å². The molecule has 0 radical (unpaired) electrons. The predicted molar refractivity (Wildman–Crippen MR) is 89.7 cm³/mol. The number of benzene rings is 2. The minimum Gasteiger partial charge on any atom is -0.507 e. The summed E-state index contributed by atoms with van der Waals surface area (Å²) in [6.45, 7) is 3.55. The molecular formula is C18H18N2O3. The zero-order valence-corrected chi connectivity index (χ0v) is 12.6. The summed E-state index contributed by atoms with van der Waals surface area (Å²) in [4.78, 5) is 11.7. The van der Waals surface area contributed by atoms with E-state index in [0.717, 1.165) is 5.56 Å². The summed E-state index contributed by atoms with van der Waals surface area (Å²) < 4.78 is 5.49. The molecule has 0 aliphatic rings. The lowest BCUT2D eigenvalue weighted by molar-refractivity contribution is -0.123. The molecule has 0 atom stereocenters. The highest BCUT2D eigenvalue weighted by molar-refractivity contribution is 5.85. The summed E-state index contributed by atoms with van der Waals surface area (Å²) in [7, 11) is 0. The van der Waals surface area contributed by atoms with E-state index in [2.05, 4.69) is 17.1 Å². The normalized spacial score (nSPS) is 10.4. The summed E-state index contributed by atoms with van der Waals surface area (Å²) in [6, 6.07) is 14.2. The lowest BCUT2D eigenvalue weighted by Crippen LogP contribution is -2.24. The van der Waals surface area contributed by atoms with Crippen molar-refractivity contribution in [2.75, 3.05) is 6.61 Å². The van der Waals surface area contributed by atoms with Gasteiger partial charge in [0.2, 0.25) is 0 Å². The Labute approximate surface area is 134 Å². The number of nitrogens with zero attached hydrogens (tertiary/aromatic N) is 1. The van der Waals surface area contributed by atoms with E-state index >= 15 is 0 Å². The predicted octanol–water partition coefficient (Wildman–Crippen LogP) is 2.65. The number of hydrogen-bond acceptors (Lipinski definition) is 4. The summed E-state index contributed by atoms with van der Waals surface area (Å²) in [5, 5.41) is 13.4. The quantitative estimate of drug-likeness (QED) is 0.469. The Hall–Kier alpha value is -3.08. The maximum absolute atomic E-state index is 11.7. The molecule has 0 bridgehead atoms. The minimum atomic E-state index is -0.384. The van der Waals surface area contributed by atoms with Gasteiger partial charge in [-0.25, -0.2) is 5.43 Å². The van der Waals surface area contributed by atoms with Crippen LogP contribution < -0.4 is 10.2 Å². The van der Waals surface area contributed by atoms with Crippen LogP contribution in [0.4, 0.5) is 0 Å². The van der Waals surface area contributed by atoms with Gasteiger partial charge in [-0.1, -0.05) is 36.4 Å². The Bertz CT molecular complexity index is 711. The van der Waals surface area contributed by atoms with Gasteiger partial charge in [0.05, 0.1) is 6.21 Å². The Morgan fingerprint density at radius 2 is 1.96 bits per heavy atom. The Morgan fingerprint density at radius 3 is 2.74 bits per heavy atom. The SMILES string of the molecule is C=CCc1ccccc1OCC(=O)N/N=C/c1ccccc1O. The van der Waals surface area contributed by atoms with Crippen molar-refractivity contribution in [2.45, 2.75) is 6.42 Å². The highest BCUT2D eigenvalue weighted by Gasteiger charge is 2.05. The summed E-state index contributed by atoms with van der Waals surface area (Å²) in [5.41, 5.74) is 3.84. The van der Waals surface area contributed by atoms with Crippen LogP contribution in [-0.4, -0.2) is 23.8 Å². The van der Waals surface area contributed by atoms with Crippen LogP contribution in [0.5, 0.6) is 11.5 Å². The number of phenols is 1. The number of ether oxygens (including phenoxy) is 1. The minimum absolute atomic E-state index is 0.0973. The van der Waals surface area contributed by atoms with E-state index in [1.807, 2.05) is 18.2 Å². The molecular weight excluding hydrogens is 292 g/mol. The number of para-hydroxylation sites is 2. The zero-order valence-electron chi connectivity index (χ0n) is 12.6. The van der Waals surface area contributed by atoms with E-state index in [4.69, 9.17) is 4.74 Å². The Morgan fingerprint density at radius 1 is 1.22 bits per heavy atom. The second-order valence-electron chi connectivity index (χ2n) is 4.74. The van der Waals surface area contributed by atoms with Crippen molar-refractivity contribution in [3.63, 3.8) is 0 Å². The number of carbonyl (C=O) groups is 1. The topological polar surface area (TPSA) is 70.9 Å². The first-order chi connectivity index (χ1) is 11.2. The number of allylic oxidation sites excluding steroid dienone is 1. The second-order valence-corrected chi connectivity index (χ2v) is 4.74. The monoisotopic (exact) mass is 310 g/mol. The van der Waals surface area contributed by atoms with Crippen molar-refractivity contribution in [3.05, 3.63) is 72.3 Å². The molecule has 0 unspecified atom stereocenters. The second kappa shape index (κ2) is 8.38. The van der Waals surface area contributed by atoms with Crippen molar-refractivity contribution >= 4 is 12.1 Å². The van der Waals surface area contributed by atoms with Crippen LogP contribution >= 0.6 is 0 Å². The van der Waals surface area contributed by atoms with Crippen molar-refractivity contribution in [3.8, 4) is 11.5 Å². The van der Waals surface area contributed by atoms with E-state index in [9.17, 15) is 9.90 Å². The third kappa shape index (κ3) is 5.00. The molecule has 0 fully saturated rings. The zero-order chi connectivity index (χ0) is 16.5. The molecule has 5 nitrogen and oxygen atoms in total. The first-order valence-corrected chi connectivity index (χ1v) is 7.12. The van der Waals surface area contributed by atoms with Crippen molar-refractivity contribution < 1.29 is 14.6 Å². The first kappa shape index (κ1) is 16.3. The van der Waals surface area contributed by atoms with Gasteiger partial charge in [-0.15, -0.1) is 6.58 Å². The molecule has 23 heavy (non-hydrogen) atoms. The van der Waals surface area contributed by atoms with Gasteiger partial charge in [0.1, 0.15) is 11.5 Å². The molecule has 2 aromatic rings. The largest absolute Gasteiger partial charge is 0.507 e. The molecule has 1 amide bonds. The third-order valence-corrected chi connectivity index (χ3v) is 3.03. The molecule has 2 N–H and O–H groups in total. The molecule has 0 spiro atoms. The van der Waals surface area contributed by atoms with Gasteiger partial charge in [0, 0.05) is 5.56 Å². The van der Waals surface area contributed by atoms with Crippen LogP contribution in [-0.2, 0) is 11.2 Å². The number of hydrogen-bond donors (Lipinski definition) is 2. The number of rotatable bonds is 7. The van der Waals surface area contributed by atoms with Crippen LogP contribution in [0, 0.1) is 0 Å². The van der Waals surface area contributed by atoms with Gasteiger partial charge >= 0.3 is 0 Å². The van der Waals surface area contributed by atoms with Crippen LogP contribution in [0.3, 0.4) is 0 Å². The number of nitrogens with one attached hydrogen (secondary N) is 1.